The number of amides is 2. The van der Waals surface area contributed by atoms with Crippen LogP contribution in [0.1, 0.15) is 53.7 Å². The molecule has 8 nitrogen and oxygen atoms in total. The number of benzene rings is 1. The Morgan fingerprint density at radius 3 is 2.60 bits per heavy atom. The van der Waals surface area contributed by atoms with Gasteiger partial charge in [-0.1, -0.05) is 11.6 Å². The van der Waals surface area contributed by atoms with Crippen LogP contribution in [0.3, 0.4) is 0 Å². The summed E-state index contributed by atoms with van der Waals surface area (Å²) < 4.78 is 42.7. The average molecular weight is 573 g/mol. The maximum absolute atomic E-state index is 14.3. The highest BCUT2D eigenvalue weighted by atomic mass is 35.5. The molecule has 0 unspecified atom stereocenters. The maximum Gasteiger partial charge on any atom is 0.281 e. The second-order valence-corrected chi connectivity index (χ2v) is 11.4. The molecule has 12 heteroatoms. The molecule has 4 heterocycles. The van der Waals surface area contributed by atoms with Gasteiger partial charge in [0.05, 0.1) is 10.6 Å². The standard InChI is InChI=1S/C28H28ClF3N6O2/c1-36-9-8-23(35-36)37-14-28(15-37)21-11-18(30)4-7-22(21)38(27(28)40)13-16-2-5-19(6-3-16)34-26(39)20-10-17(29)12-33-24(20)25(31)32/h4,7-12,16,19,25H,2-3,5-6,13-15H2,1H3,(H,34,39). The van der Waals surface area contributed by atoms with Crippen LogP contribution in [0, 0.1) is 11.7 Å². The van der Waals surface area contributed by atoms with Crippen molar-refractivity contribution in [3.05, 3.63) is 70.4 Å². The molecule has 1 saturated heterocycles. The van der Waals surface area contributed by atoms with E-state index in [4.69, 9.17) is 11.6 Å². The van der Waals surface area contributed by atoms with Gasteiger partial charge in [-0.3, -0.25) is 19.3 Å². The first-order chi connectivity index (χ1) is 19.1. The first-order valence-corrected chi connectivity index (χ1v) is 13.6. The van der Waals surface area contributed by atoms with Crippen molar-refractivity contribution in [2.75, 3.05) is 29.4 Å². The van der Waals surface area contributed by atoms with Gasteiger partial charge < -0.3 is 15.1 Å². The number of pyridine rings is 1. The number of halogens is 4. The number of aromatic nitrogens is 3. The number of hydrogen-bond acceptors (Lipinski definition) is 5. The number of carbonyl (C=O) groups excluding carboxylic acids is 2. The van der Waals surface area contributed by atoms with Gasteiger partial charge in [-0.05, 0) is 61.4 Å². The number of alkyl halides is 2. The molecule has 1 N–H and O–H groups in total. The van der Waals surface area contributed by atoms with Crippen LogP contribution in [0.25, 0.3) is 0 Å². The molecule has 0 bridgehead atoms. The lowest BCUT2D eigenvalue weighted by Crippen LogP contribution is -2.64. The molecule has 0 radical (unpaired) electrons. The lowest BCUT2D eigenvalue weighted by atomic mass is 9.74. The number of aryl methyl sites for hydroxylation is 1. The second-order valence-electron chi connectivity index (χ2n) is 10.9. The molecule has 1 aromatic carbocycles. The summed E-state index contributed by atoms with van der Waals surface area (Å²) in [4.78, 5) is 34.0. The topological polar surface area (TPSA) is 83.4 Å². The number of hydrogen-bond donors (Lipinski definition) is 1. The van der Waals surface area contributed by atoms with E-state index in [1.807, 2.05) is 24.2 Å². The minimum atomic E-state index is -2.89. The maximum atomic E-state index is 14.3. The number of carbonyl (C=O) groups is 2. The van der Waals surface area contributed by atoms with Crippen LogP contribution in [0.4, 0.5) is 24.7 Å². The van der Waals surface area contributed by atoms with Crippen molar-refractivity contribution >= 4 is 34.9 Å². The summed E-state index contributed by atoms with van der Waals surface area (Å²) in [5, 5.41) is 7.39. The summed E-state index contributed by atoms with van der Waals surface area (Å²) in [6.45, 7) is 1.37. The third-order valence-corrected chi connectivity index (χ3v) is 8.53. The van der Waals surface area contributed by atoms with Crippen molar-refractivity contribution < 1.29 is 22.8 Å². The van der Waals surface area contributed by atoms with E-state index < -0.39 is 23.4 Å². The molecule has 40 heavy (non-hydrogen) atoms. The lowest BCUT2D eigenvalue weighted by Gasteiger charge is -2.47. The van der Waals surface area contributed by atoms with Crippen LogP contribution in [0.15, 0.2) is 42.7 Å². The predicted octanol–water partition coefficient (Wildman–Crippen LogP) is 4.64. The van der Waals surface area contributed by atoms with Crippen LogP contribution < -0.4 is 15.1 Å². The molecule has 1 saturated carbocycles. The van der Waals surface area contributed by atoms with E-state index in [0.29, 0.717) is 32.5 Å². The summed E-state index contributed by atoms with van der Waals surface area (Å²) in [6.07, 6.45) is 2.83. The predicted molar refractivity (Wildman–Crippen MR) is 143 cm³/mol. The molecule has 3 aromatic rings. The highest BCUT2D eigenvalue weighted by Crippen LogP contribution is 2.49. The Bertz CT molecular complexity index is 1470. The van der Waals surface area contributed by atoms with E-state index >= 15 is 0 Å². The molecule has 0 atom stereocenters. The lowest BCUT2D eigenvalue weighted by molar-refractivity contribution is -0.124. The van der Waals surface area contributed by atoms with E-state index in [2.05, 4.69) is 15.4 Å². The van der Waals surface area contributed by atoms with E-state index in [1.54, 1.807) is 15.6 Å². The molecule has 2 aliphatic heterocycles. The summed E-state index contributed by atoms with van der Waals surface area (Å²) in [5.74, 6) is -0.0498. The molecule has 2 amide bonds. The van der Waals surface area contributed by atoms with E-state index in [9.17, 15) is 22.8 Å². The quantitative estimate of drug-likeness (QED) is 0.465. The van der Waals surface area contributed by atoms with Gasteiger partial charge in [-0.25, -0.2) is 13.2 Å². The Morgan fingerprint density at radius 2 is 1.93 bits per heavy atom. The van der Waals surface area contributed by atoms with Gasteiger partial charge in [0.25, 0.3) is 12.3 Å². The third-order valence-electron chi connectivity index (χ3n) is 8.32. The smallest absolute Gasteiger partial charge is 0.281 e. The van der Waals surface area contributed by atoms with Crippen molar-refractivity contribution in [3.63, 3.8) is 0 Å². The summed E-state index contributed by atoms with van der Waals surface area (Å²) >= 11 is 5.89. The Kier molecular flexibility index (Phi) is 6.72. The zero-order valence-corrected chi connectivity index (χ0v) is 22.5. The zero-order chi connectivity index (χ0) is 28.2. The minimum absolute atomic E-state index is 0.0244. The first-order valence-electron chi connectivity index (χ1n) is 13.3. The fourth-order valence-electron chi connectivity index (χ4n) is 6.25. The fourth-order valence-corrected chi connectivity index (χ4v) is 6.41. The van der Waals surface area contributed by atoms with Gasteiger partial charge in [0.2, 0.25) is 5.91 Å². The average Bonchev–Trinajstić information content (AvgIpc) is 3.42. The molecular weight excluding hydrogens is 545 g/mol. The van der Waals surface area contributed by atoms with Crippen molar-refractivity contribution in [2.45, 2.75) is 43.6 Å². The number of nitrogens with one attached hydrogen (secondary N) is 1. The monoisotopic (exact) mass is 572 g/mol. The van der Waals surface area contributed by atoms with Crippen LogP contribution >= 0.6 is 11.6 Å². The SMILES string of the molecule is Cn1ccc(N2CC3(C2)C(=O)N(CC2CCC(NC(=O)c4cc(Cl)cnc4C(F)F)CC2)c2ccc(F)cc23)n1. The van der Waals surface area contributed by atoms with Gasteiger partial charge in [0.1, 0.15) is 16.9 Å². The number of nitrogens with zero attached hydrogens (tertiary/aromatic N) is 5. The first kappa shape index (κ1) is 26.6. The van der Waals surface area contributed by atoms with Gasteiger partial charge in [-0.15, -0.1) is 0 Å². The fraction of sp³-hybridized carbons (Fsp3) is 0.429. The van der Waals surface area contributed by atoms with Crippen molar-refractivity contribution in [3.8, 4) is 0 Å². The van der Waals surface area contributed by atoms with Gasteiger partial charge in [0.15, 0.2) is 5.82 Å². The zero-order valence-electron chi connectivity index (χ0n) is 21.8. The largest absolute Gasteiger partial charge is 0.352 e. The molecule has 2 aromatic heterocycles. The van der Waals surface area contributed by atoms with E-state index in [1.165, 1.54) is 18.2 Å². The molecule has 6 rings (SSSR count). The Hall–Kier alpha value is -3.60. The Labute approximate surface area is 234 Å². The Balaban J connectivity index is 1.11. The van der Waals surface area contributed by atoms with Crippen LogP contribution in [0.2, 0.25) is 5.02 Å². The molecule has 3 aliphatic rings. The number of rotatable bonds is 6. The van der Waals surface area contributed by atoms with Gasteiger partial charge in [0, 0.05) is 56.9 Å². The highest BCUT2D eigenvalue weighted by molar-refractivity contribution is 6.30. The molecular formula is C28H28ClF3N6O2. The second kappa shape index (κ2) is 10.1. The van der Waals surface area contributed by atoms with Crippen LogP contribution in [-0.4, -0.2) is 52.3 Å². The molecule has 2 fully saturated rings. The summed E-state index contributed by atoms with van der Waals surface area (Å²) in [7, 11) is 1.83. The molecule has 1 spiro atoms. The minimum Gasteiger partial charge on any atom is -0.352 e. The van der Waals surface area contributed by atoms with Crippen molar-refractivity contribution in [2.24, 2.45) is 13.0 Å². The summed E-state index contributed by atoms with van der Waals surface area (Å²) in [6, 6.07) is 7.47. The van der Waals surface area contributed by atoms with Crippen LogP contribution in [0.5, 0.6) is 0 Å². The normalized spacial score (nSPS) is 21.6. The van der Waals surface area contributed by atoms with E-state index in [0.717, 1.165) is 36.1 Å². The van der Waals surface area contributed by atoms with Crippen molar-refractivity contribution in [1.82, 2.24) is 20.1 Å². The third kappa shape index (κ3) is 4.59. The van der Waals surface area contributed by atoms with Crippen molar-refractivity contribution in [1.29, 1.82) is 0 Å². The van der Waals surface area contributed by atoms with Gasteiger partial charge in [-0.2, -0.15) is 5.10 Å². The molecule has 210 valence electrons. The van der Waals surface area contributed by atoms with Crippen LogP contribution in [-0.2, 0) is 17.3 Å². The van der Waals surface area contributed by atoms with Gasteiger partial charge >= 0.3 is 0 Å². The number of fused-ring (bicyclic) bond motifs is 2. The highest BCUT2D eigenvalue weighted by Gasteiger charge is 2.58. The van der Waals surface area contributed by atoms with E-state index in [-0.39, 0.29) is 34.3 Å². The summed E-state index contributed by atoms with van der Waals surface area (Å²) in [5.41, 5.74) is -0.148. The molecule has 1 aliphatic carbocycles. The number of anilines is 2. The Morgan fingerprint density at radius 1 is 1.18 bits per heavy atom.